The SMILES string of the molecule is O=C(CN(Cc1ccc(F)cc1)C(=O)Cn1nnc(-c2ccc(F)cc2)n1)NC1CCCC1. The van der Waals surface area contributed by atoms with Gasteiger partial charge >= 0.3 is 0 Å². The molecule has 33 heavy (non-hydrogen) atoms. The van der Waals surface area contributed by atoms with E-state index in [0.717, 1.165) is 30.5 Å². The fraction of sp³-hybridized carbons (Fsp3) is 0.348. The van der Waals surface area contributed by atoms with Crippen molar-refractivity contribution in [3.05, 3.63) is 65.7 Å². The van der Waals surface area contributed by atoms with Gasteiger partial charge in [0.15, 0.2) is 0 Å². The molecule has 10 heteroatoms. The third-order valence-electron chi connectivity index (χ3n) is 5.53. The summed E-state index contributed by atoms with van der Waals surface area (Å²) in [5.41, 5.74) is 1.26. The van der Waals surface area contributed by atoms with Crippen LogP contribution in [0.3, 0.4) is 0 Å². The summed E-state index contributed by atoms with van der Waals surface area (Å²) in [6, 6.07) is 11.5. The number of nitrogens with zero attached hydrogens (tertiary/aromatic N) is 5. The van der Waals surface area contributed by atoms with Gasteiger partial charge in [0.1, 0.15) is 18.2 Å². The Bertz CT molecular complexity index is 1090. The molecule has 172 valence electrons. The Kier molecular flexibility index (Phi) is 7.01. The Labute approximate surface area is 189 Å². The first-order valence-electron chi connectivity index (χ1n) is 10.8. The first-order valence-corrected chi connectivity index (χ1v) is 10.8. The first-order chi connectivity index (χ1) is 16.0. The maximum Gasteiger partial charge on any atom is 0.247 e. The van der Waals surface area contributed by atoms with Crippen molar-refractivity contribution in [1.29, 1.82) is 0 Å². The molecule has 1 aromatic heterocycles. The third-order valence-corrected chi connectivity index (χ3v) is 5.53. The number of tetrazole rings is 1. The number of carbonyl (C=O) groups is 2. The van der Waals surface area contributed by atoms with Crippen LogP contribution in [0.2, 0.25) is 0 Å². The monoisotopic (exact) mass is 454 g/mol. The zero-order chi connectivity index (χ0) is 23.2. The fourth-order valence-electron chi connectivity index (χ4n) is 3.80. The van der Waals surface area contributed by atoms with Crippen molar-refractivity contribution in [2.24, 2.45) is 0 Å². The molecule has 0 saturated heterocycles. The predicted octanol–water partition coefficient (Wildman–Crippen LogP) is 2.71. The molecule has 1 aliphatic carbocycles. The standard InChI is InChI=1S/C23H24F2N6O2/c24-18-9-5-16(6-10-18)13-30(14-21(32)26-20-3-1-2-4-20)22(33)15-31-28-23(27-29-31)17-7-11-19(25)12-8-17/h5-12,20H,1-4,13-15H2,(H,26,32). The van der Waals surface area contributed by atoms with Crippen LogP contribution in [-0.4, -0.2) is 49.5 Å². The van der Waals surface area contributed by atoms with Crippen LogP contribution in [0.4, 0.5) is 8.78 Å². The Morgan fingerprint density at radius 1 is 1.00 bits per heavy atom. The minimum absolute atomic E-state index is 0.133. The summed E-state index contributed by atoms with van der Waals surface area (Å²) in [5.74, 6) is -1.13. The van der Waals surface area contributed by atoms with Gasteiger partial charge in [-0.1, -0.05) is 25.0 Å². The maximum atomic E-state index is 13.3. The Morgan fingerprint density at radius 2 is 1.64 bits per heavy atom. The Balaban J connectivity index is 1.45. The van der Waals surface area contributed by atoms with Gasteiger partial charge in [0, 0.05) is 18.2 Å². The van der Waals surface area contributed by atoms with E-state index in [1.165, 1.54) is 41.3 Å². The minimum atomic E-state index is -0.385. The zero-order valence-corrected chi connectivity index (χ0v) is 18.0. The van der Waals surface area contributed by atoms with E-state index in [9.17, 15) is 18.4 Å². The van der Waals surface area contributed by atoms with Crippen LogP contribution >= 0.6 is 0 Å². The topological polar surface area (TPSA) is 93.0 Å². The van der Waals surface area contributed by atoms with Crippen LogP contribution in [0.25, 0.3) is 11.4 Å². The van der Waals surface area contributed by atoms with Gasteiger partial charge in [-0.3, -0.25) is 9.59 Å². The van der Waals surface area contributed by atoms with Crippen LogP contribution < -0.4 is 5.32 Å². The zero-order valence-electron chi connectivity index (χ0n) is 18.0. The number of benzene rings is 2. The average molecular weight is 454 g/mol. The minimum Gasteiger partial charge on any atom is -0.352 e. The number of nitrogens with one attached hydrogen (secondary N) is 1. The summed E-state index contributed by atoms with van der Waals surface area (Å²) in [7, 11) is 0. The molecule has 4 rings (SSSR count). The lowest BCUT2D eigenvalue weighted by molar-refractivity contribution is -0.137. The summed E-state index contributed by atoms with van der Waals surface area (Å²) in [6.07, 6.45) is 4.04. The van der Waals surface area contributed by atoms with Crippen LogP contribution in [-0.2, 0) is 22.7 Å². The van der Waals surface area contributed by atoms with Crippen molar-refractivity contribution in [3.8, 4) is 11.4 Å². The molecule has 0 atom stereocenters. The van der Waals surface area contributed by atoms with Gasteiger partial charge in [-0.15, -0.1) is 10.2 Å². The summed E-state index contributed by atoms with van der Waals surface area (Å²) >= 11 is 0. The summed E-state index contributed by atoms with van der Waals surface area (Å²) in [5, 5.41) is 15.0. The number of aromatic nitrogens is 4. The molecule has 1 heterocycles. The molecular weight excluding hydrogens is 430 g/mol. The second kappa shape index (κ2) is 10.3. The smallest absolute Gasteiger partial charge is 0.247 e. The lowest BCUT2D eigenvalue weighted by atomic mass is 10.2. The van der Waals surface area contributed by atoms with Crippen LogP contribution in [0.1, 0.15) is 31.2 Å². The molecule has 1 fully saturated rings. The molecule has 1 aliphatic rings. The largest absolute Gasteiger partial charge is 0.352 e. The van der Waals surface area contributed by atoms with Crippen molar-refractivity contribution in [3.63, 3.8) is 0 Å². The van der Waals surface area contributed by atoms with Gasteiger partial charge in [-0.25, -0.2) is 8.78 Å². The van der Waals surface area contributed by atoms with E-state index in [1.54, 1.807) is 12.1 Å². The van der Waals surface area contributed by atoms with E-state index in [1.807, 2.05) is 0 Å². The second-order valence-corrected chi connectivity index (χ2v) is 8.08. The first kappa shape index (κ1) is 22.5. The van der Waals surface area contributed by atoms with Crippen molar-refractivity contribution in [2.45, 2.75) is 44.8 Å². The van der Waals surface area contributed by atoms with E-state index in [4.69, 9.17) is 0 Å². The van der Waals surface area contributed by atoms with Gasteiger partial charge in [0.2, 0.25) is 17.6 Å². The van der Waals surface area contributed by atoms with Gasteiger partial charge in [0.25, 0.3) is 0 Å². The van der Waals surface area contributed by atoms with E-state index in [-0.39, 0.29) is 54.9 Å². The maximum absolute atomic E-state index is 13.3. The van der Waals surface area contributed by atoms with E-state index in [2.05, 4.69) is 20.7 Å². The van der Waals surface area contributed by atoms with Crippen LogP contribution in [0.15, 0.2) is 48.5 Å². The normalized spacial score (nSPS) is 13.8. The highest BCUT2D eigenvalue weighted by molar-refractivity contribution is 5.84. The predicted molar refractivity (Wildman–Crippen MR) is 115 cm³/mol. The highest BCUT2D eigenvalue weighted by atomic mass is 19.1. The quantitative estimate of drug-likeness (QED) is 0.565. The van der Waals surface area contributed by atoms with E-state index in [0.29, 0.717) is 11.1 Å². The molecule has 3 aromatic rings. The highest BCUT2D eigenvalue weighted by Crippen LogP contribution is 2.18. The molecule has 8 nitrogen and oxygen atoms in total. The molecule has 2 aromatic carbocycles. The third kappa shape index (κ3) is 6.18. The summed E-state index contributed by atoms with van der Waals surface area (Å²) in [4.78, 5) is 28.1. The van der Waals surface area contributed by atoms with E-state index < -0.39 is 0 Å². The molecule has 2 amide bonds. The molecule has 0 spiro atoms. The average Bonchev–Trinajstić information content (AvgIpc) is 3.47. The summed E-state index contributed by atoms with van der Waals surface area (Å²) < 4.78 is 26.4. The molecular formula is C23H24F2N6O2. The molecule has 1 N–H and O–H groups in total. The highest BCUT2D eigenvalue weighted by Gasteiger charge is 2.22. The fourth-order valence-corrected chi connectivity index (χ4v) is 3.80. The van der Waals surface area contributed by atoms with Crippen LogP contribution in [0, 0.1) is 11.6 Å². The van der Waals surface area contributed by atoms with Crippen molar-refractivity contribution >= 4 is 11.8 Å². The van der Waals surface area contributed by atoms with Gasteiger partial charge in [-0.05, 0) is 60.0 Å². The second-order valence-electron chi connectivity index (χ2n) is 8.08. The van der Waals surface area contributed by atoms with Crippen molar-refractivity contribution in [2.75, 3.05) is 6.54 Å². The molecule has 1 saturated carbocycles. The lowest BCUT2D eigenvalue weighted by Crippen LogP contribution is -2.44. The van der Waals surface area contributed by atoms with Crippen molar-refractivity contribution in [1.82, 2.24) is 30.4 Å². The molecule has 0 unspecified atom stereocenters. The molecule has 0 aliphatic heterocycles. The number of rotatable bonds is 8. The van der Waals surface area contributed by atoms with Gasteiger partial charge < -0.3 is 10.2 Å². The van der Waals surface area contributed by atoms with Crippen LogP contribution in [0.5, 0.6) is 0 Å². The Morgan fingerprint density at radius 3 is 2.30 bits per heavy atom. The van der Waals surface area contributed by atoms with Gasteiger partial charge in [-0.2, -0.15) is 4.80 Å². The number of hydrogen-bond acceptors (Lipinski definition) is 5. The number of amides is 2. The Hall–Kier alpha value is -3.69. The molecule has 0 radical (unpaired) electrons. The summed E-state index contributed by atoms with van der Waals surface area (Å²) in [6.45, 7) is -0.227. The number of hydrogen-bond donors (Lipinski definition) is 1. The van der Waals surface area contributed by atoms with E-state index >= 15 is 0 Å². The number of halogens is 2. The van der Waals surface area contributed by atoms with Gasteiger partial charge in [0.05, 0.1) is 6.54 Å². The number of carbonyl (C=O) groups excluding carboxylic acids is 2. The molecule has 0 bridgehead atoms. The lowest BCUT2D eigenvalue weighted by Gasteiger charge is -2.23. The van der Waals surface area contributed by atoms with Crippen molar-refractivity contribution < 1.29 is 18.4 Å².